The van der Waals surface area contributed by atoms with Crippen molar-refractivity contribution >= 4 is 11.6 Å². The zero-order valence-electron chi connectivity index (χ0n) is 13.5. The van der Waals surface area contributed by atoms with Gasteiger partial charge in [0.15, 0.2) is 6.54 Å². The summed E-state index contributed by atoms with van der Waals surface area (Å²) in [5.41, 5.74) is 2.12. The van der Waals surface area contributed by atoms with Gasteiger partial charge in [0, 0.05) is 5.69 Å². The molecule has 116 valence electrons. The molecule has 0 radical (unpaired) electrons. The molecule has 4 heteroatoms. The molecule has 4 nitrogen and oxygen atoms in total. The molecule has 1 heterocycles. The van der Waals surface area contributed by atoms with E-state index in [1.54, 1.807) is 0 Å². The summed E-state index contributed by atoms with van der Waals surface area (Å²) < 4.78 is 5.71. The van der Waals surface area contributed by atoms with Crippen molar-refractivity contribution in [2.24, 2.45) is 0 Å². The van der Waals surface area contributed by atoms with Gasteiger partial charge < -0.3 is 15.0 Å². The van der Waals surface area contributed by atoms with Crippen LogP contribution in [0.5, 0.6) is 0 Å². The highest BCUT2D eigenvalue weighted by Crippen LogP contribution is 2.23. The average Bonchev–Trinajstić information content (AvgIpc) is 2.37. The minimum Gasteiger partial charge on any atom is -0.364 e. The molecule has 0 aromatic heterocycles. The van der Waals surface area contributed by atoms with Crippen molar-refractivity contribution in [3.63, 3.8) is 0 Å². The standard InChI is InChI=1S/C17H26N2O2/c1-12(2)15-7-5-6-8-16(15)18-17(20)11-19-9-13(3)21-14(4)10-19/h5-8,12-14H,9-11H2,1-4H3,(H,18,20)/p+1/t13-,14-/m0/s1. The van der Waals surface area contributed by atoms with E-state index in [1.807, 2.05) is 18.2 Å². The molecular weight excluding hydrogens is 264 g/mol. The Bertz CT molecular complexity index is 477. The summed E-state index contributed by atoms with van der Waals surface area (Å²) in [6.45, 7) is 10.7. The fraction of sp³-hybridized carbons (Fsp3) is 0.588. The summed E-state index contributed by atoms with van der Waals surface area (Å²) in [6.07, 6.45) is 0.444. The molecule has 0 saturated carbocycles. The number of rotatable bonds is 4. The first-order valence-corrected chi connectivity index (χ1v) is 7.83. The largest absolute Gasteiger partial charge is 0.364 e. The van der Waals surface area contributed by atoms with Crippen LogP contribution in [0.15, 0.2) is 24.3 Å². The molecule has 1 amide bonds. The van der Waals surface area contributed by atoms with Gasteiger partial charge in [0.1, 0.15) is 25.3 Å². The lowest BCUT2D eigenvalue weighted by atomic mass is 10.0. The van der Waals surface area contributed by atoms with Crippen molar-refractivity contribution < 1.29 is 14.4 Å². The van der Waals surface area contributed by atoms with E-state index in [0.717, 1.165) is 18.8 Å². The number of hydrogen-bond donors (Lipinski definition) is 2. The third-order valence-corrected chi connectivity index (χ3v) is 3.88. The van der Waals surface area contributed by atoms with Crippen LogP contribution in [0.1, 0.15) is 39.2 Å². The fourth-order valence-electron chi connectivity index (χ4n) is 3.07. The summed E-state index contributed by atoms with van der Waals surface area (Å²) in [4.78, 5) is 13.6. The van der Waals surface area contributed by atoms with Crippen LogP contribution in [0.4, 0.5) is 5.69 Å². The summed E-state index contributed by atoms with van der Waals surface area (Å²) in [5, 5.41) is 3.07. The van der Waals surface area contributed by atoms with Gasteiger partial charge in [0.05, 0.1) is 0 Å². The molecule has 0 bridgehead atoms. The van der Waals surface area contributed by atoms with Crippen LogP contribution in [0, 0.1) is 0 Å². The van der Waals surface area contributed by atoms with Crippen LogP contribution in [-0.2, 0) is 9.53 Å². The monoisotopic (exact) mass is 291 g/mol. The van der Waals surface area contributed by atoms with Gasteiger partial charge in [-0.15, -0.1) is 0 Å². The molecular formula is C17H27N2O2+. The van der Waals surface area contributed by atoms with Gasteiger partial charge in [0.2, 0.25) is 0 Å². The van der Waals surface area contributed by atoms with Gasteiger partial charge in [-0.2, -0.15) is 0 Å². The van der Waals surface area contributed by atoms with E-state index in [2.05, 4.69) is 39.1 Å². The lowest BCUT2D eigenvalue weighted by molar-refractivity contribution is -0.907. The third kappa shape index (κ3) is 4.55. The van der Waals surface area contributed by atoms with Gasteiger partial charge in [-0.3, -0.25) is 4.79 Å². The first kappa shape index (κ1) is 16.0. The van der Waals surface area contributed by atoms with E-state index in [4.69, 9.17) is 4.74 Å². The summed E-state index contributed by atoms with van der Waals surface area (Å²) in [5.74, 6) is 0.483. The minimum atomic E-state index is 0.0828. The number of nitrogens with one attached hydrogen (secondary N) is 2. The Labute approximate surface area is 127 Å². The minimum absolute atomic E-state index is 0.0828. The Morgan fingerprint density at radius 2 is 1.90 bits per heavy atom. The van der Waals surface area contributed by atoms with Gasteiger partial charge in [0.25, 0.3) is 5.91 Å². The molecule has 0 aliphatic carbocycles. The summed E-state index contributed by atoms with van der Waals surface area (Å²) >= 11 is 0. The number of morpholine rings is 1. The number of benzene rings is 1. The fourth-order valence-corrected chi connectivity index (χ4v) is 3.07. The molecule has 21 heavy (non-hydrogen) atoms. The van der Waals surface area contributed by atoms with Crippen LogP contribution in [0.25, 0.3) is 0 Å². The maximum atomic E-state index is 12.3. The van der Waals surface area contributed by atoms with E-state index < -0.39 is 0 Å². The van der Waals surface area contributed by atoms with Gasteiger partial charge >= 0.3 is 0 Å². The van der Waals surface area contributed by atoms with Gasteiger partial charge in [-0.25, -0.2) is 0 Å². The number of quaternary nitrogens is 1. The first-order chi connectivity index (χ1) is 9.95. The Balaban J connectivity index is 1.96. The molecule has 2 rings (SSSR count). The topological polar surface area (TPSA) is 42.8 Å². The maximum Gasteiger partial charge on any atom is 0.279 e. The van der Waals surface area contributed by atoms with Crippen LogP contribution in [0.3, 0.4) is 0 Å². The number of amides is 1. The molecule has 2 atom stereocenters. The number of carbonyl (C=O) groups excluding carboxylic acids is 1. The van der Waals surface area contributed by atoms with E-state index in [-0.39, 0.29) is 18.1 Å². The third-order valence-electron chi connectivity index (χ3n) is 3.88. The second-order valence-corrected chi connectivity index (χ2v) is 6.38. The van der Waals surface area contributed by atoms with Crippen molar-refractivity contribution in [3.8, 4) is 0 Å². The summed E-state index contributed by atoms with van der Waals surface area (Å²) in [6, 6.07) is 8.04. The zero-order valence-corrected chi connectivity index (χ0v) is 13.5. The van der Waals surface area contributed by atoms with E-state index in [9.17, 15) is 4.79 Å². The van der Waals surface area contributed by atoms with E-state index in [0.29, 0.717) is 12.5 Å². The van der Waals surface area contributed by atoms with E-state index in [1.165, 1.54) is 10.5 Å². The first-order valence-electron chi connectivity index (χ1n) is 7.83. The van der Waals surface area contributed by atoms with E-state index >= 15 is 0 Å². The average molecular weight is 291 g/mol. The van der Waals surface area contributed by atoms with Crippen molar-refractivity contribution in [2.45, 2.75) is 45.8 Å². The molecule has 1 aliphatic heterocycles. The lowest BCUT2D eigenvalue weighted by Crippen LogP contribution is -3.16. The molecule has 1 aromatic carbocycles. The Morgan fingerprint density at radius 1 is 1.29 bits per heavy atom. The van der Waals surface area contributed by atoms with Crippen molar-refractivity contribution in [3.05, 3.63) is 29.8 Å². The predicted octanol–water partition coefficient (Wildman–Crippen LogP) is 1.44. The normalized spacial score (nSPS) is 25.9. The Kier molecular flexibility index (Phi) is 5.37. The highest BCUT2D eigenvalue weighted by molar-refractivity contribution is 5.92. The van der Waals surface area contributed by atoms with Crippen LogP contribution >= 0.6 is 0 Å². The Morgan fingerprint density at radius 3 is 2.52 bits per heavy atom. The molecule has 0 unspecified atom stereocenters. The van der Waals surface area contributed by atoms with Crippen molar-refractivity contribution in [2.75, 3.05) is 25.0 Å². The molecule has 1 aliphatic rings. The maximum absolute atomic E-state index is 12.3. The van der Waals surface area contributed by atoms with Gasteiger partial charge in [-0.1, -0.05) is 32.0 Å². The van der Waals surface area contributed by atoms with Gasteiger partial charge in [-0.05, 0) is 31.4 Å². The molecule has 1 saturated heterocycles. The number of para-hydroxylation sites is 1. The van der Waals surface area contributed by atoms with Crippen LogP contribution < -0.4 is 10.2 Å². The predicted molar refractivity (Wildman–Crippen MR) is 84.7 cm³/mol. The van der Waals surface area contributed by atoms with Crippen LogP contribution in [-0.4, -0.2) is 37.7 Å². The molecule has 2 N–H and O–H groups in total. The molecule has 1 aromatic rings. The number of carbonyl (C=O) groups is 1. The molecule has 0 spiro atoms. The number of hydrogen-bond acceptors (Lipinski definition) is 2. The molecule has 1 fully saturated rings. The Hall–Kier alpha value is -1.39. The van der Waals surface area contributed by atoms with Crippen molar-refractivity contribution in [1.82, 2.24) is 0 Å². The second kappa shape index (κ2) is 7.05. The quantitative estimate of drug-likeness (QED) is 0.881. The number of anilines is 1. The summed E-state index contributed by atoms with van der Waals surface area (Å²) in [7, 11) is 0. The SMILES string of the molecule is CC(C)c1ccccc1NC(=O)C[NH+]1C[C@H](C)O[C@@H](C)C1. The zero-order chi connectivity index (χ0) is 15.4. The number of ether oxygens (including phenoxy) is 1. The second-order valence-electron chi connectivity index (χ2n) is 6.38. The van der Waals surface area contributed by atoms with Crippen molar-refractivity contribution in [1.29, 1.82) is 0 Å². The smallest absolute Gasteiger partial charge is 0.279 e. The highest BCUT2D eigenvalue weighted by atomic mass is 16.5. The highest BCUT2D eigenvalue weighted by Gasteiger charge is 2.27. The van der Waals surface area contributed by atoms with Crippen LogP contribution in [0.2, 0.25) is 0 Å². The lowest BCUT2D eigenvalue weighted by Gasteiger charge is -2.32.